The Morgan fingerprint density at radius 1 is 1.20 bits per heavy atom. The molecule has 0 saturated heterocycles. The molecule has 3 aromatic rings. The highest BCUT2D eigenvalue weighted by atomic mass is 16.1. The van der Waals surface area contributed by atoms with Crippen LogP contribution in [0.4, 0.5) is 5.82 Å². The molecule has 8 heteroatoms. The lowest BCUT2D eigenvalue weighted by Gasteiger charge is -2.09. The number of pyridine rings is 2. The van der Waals surface area contributed by atoms with Crippen molar-refractivity contribution in [2.45, 2.75) is 0 Å². The number of imidazole rings is 1. The molecule has 0 spiro atoms. The first-order valence-corrected chi connectivity index (χ1v) is 7.59. The molecule has 0 aromatic carbocycles. The Hall–Kier alpha value is -3.73. The maximum Gasteiger partial charge on any atom is 0.251 e. The Kier molecular flexibility index (Phi) is 4.97. The van der Waals surface area contributed by atoms with E-state index in [9.17, 15) is 4.79 Å². The topological polar surface area (TPSA) is 109 Å². The summed E-state index contributed by atoms with van der Waals surface area (Å²) in [5, 5.41) is 14.9. The van der Waals surface area contributed by atoms with E-state index >= 15 is 0 Å². The number of anilines is 1. The van der Waals surface area contributed by atoms with Gasteiger partial charge in [0.05, 0.1) is 5.56 Å². The molecule has 0 radical (unpaired) electrons. The van der Waals surface area contributed by atoms with Crippen LogP contribution in [0.3, 0.4) is 0 Å². The third kappa shape index (κ3) is 3.97. The fourth-order valence-electron chi connectivity index (χ4n) is 2.19. The summed E-state index contributed by atoms with van der Waals surface area (Å²) >= 11 is 0. The molecule has 0 unspecified atom stereocenters. The fraction of sp³-hybridized carbons (Fsp3) is 0.118. The minimum Gasteiger partial charge on any atom is -0.367 e. The van der Waals surface area contributed by atoms with Crippen LogP contribution in [-0.2, 0) is 0 Å². The van der Waals surface area contributed by atoms with Crippen molar-refractivity contribution in [2.75, 3.05) is 18.4 Å². The molecule has 124 valence electrons. The number of nitrogens with one attached hydrogen (secondary N) is 2. The van der Waals surface area contributed by atoms with E-state index in [1.807, 2.05) is 0 Å². The molecule has 0 atom stereocenters. The molecule has 3 aromatic heterocycles. The van der Waals surface area contributed by atoms with E-state index in [4.69, 9.17) is 5.26 Å². The number of rotatable bonds is 6. The quantitative estimate of drug-likeness (QED) is 0.660. The summed E-state index contributed by atoms with van der Waals surface area (Å²) < 4.78 is 1.73. The van der Waals surface area contributed by atoms with Gasteiger partial charge in [0.2, 0.25) is 0 Å². The van der Waals surface area contributed by atoms with Crippen molar-refractivity contribution in [3.8, 4) is 11.9 Å². The van der Waals surface area contributed by atoms with E-state index in [1.54, 1.807) is 59.9 Å². The highest BCUT2D eigenvalue weighted by molar-refractivity contribution is 5.94. The summed E-state index contributed by atoms with van der Waals surface area (Å²) in [7, 11) is 0. The molecule has 25 heavy (non-hydrogen) atoms. The number of hydrogen-bond donors (Lipinski definition) is 2. The van der Waals surface area contributed by atoms with E-state index in [0.29, 0.717) is 35.9 Å². The van der Waals surface area contributed by atoms with Crippen LogP contribution in [0.15, 0.2) is 55.4 Å². The second kappa shape index (κ2) is 7.70. The number of aromatic nitrogens is 4. The molecular weight excluding hydrogens is 318 g/mol. The number of carbonyl (C=O) groups is 1. The van der Waals surface area contributed by atoms with Gasteiger partial charge in [-0.25, -0.2) is 15.0 Å². The minimum absolute atomic E-state index is 0.202. The van der Waals surface area contributed by atoms with Gasteiger partial charge in [-0.15, -0.1) is 0 Å². The first-order chi connectivity index (χ1) is 12.3. The highest BCUT2D eigenvalue weighted by Crippen LogP contribution is 2.09. The highest BCUT2D eigenvalue weighted by Gasteiger charge is 2.07. The van der Waals surface area contributed by atoms with Gasteiger partial charge in [-0.3, -0.25) is 9.36 Å². The second-order valence-corrected chi connectivity index (χ2v) is 5.07. The normalized spacial score (nSPS) is 10.0. The zero-order chi connectivity index (χ0) is 17.5. The van der Waals surface area contributed by atoms with Crippen molar-refractivity contribution in [1.82, 2.24) is 24.8 Å². The monoisotopic (exact) mass is 333 g/mol. The van der Waals surface area contributed by atoms with E-state index in [-0.39, 0.29) is 5.91 Å². The average Bonchev–Trinajstić information content (AvgIpc) is 3.20. The van der Waals surface area contributed by atoms with Crippen LogP contribution in [-0.4, -0.2) is 38.5 Å². The van der Waals surface area contributed by atoms with Gasteiger partial charge < -0.3 is 10.6 Å². The van der Waals surface area contributed by atoms with Crippen LogP contribution in [0, 0.1) is 11.3 Å². The molecule has 3 rings (SSSR count). The minimum atomic E-state index is -0.202. The summed E-state index contributed by atoms with van der Waals surface area (Å²) in [6, 6.07) is 8.79. The van der Waals surface area contributed by atoms with Crippen LogP contribution in [0.5, 0.6) is 0 Å². The van der Waals surface area contributed by atoms with Gasteiger partial charge in [0.1, 0.15) is 24.0 Å². The van der Waals surface area contributed by atoms with Gasteiger partial charge in [-0.1, -0.05) is 0 Å². The summed E-state index contributed by atoms with van der Waals surface area (Å²) in [5.74, 6) is 0.924. The molecule has 8 nitrogen and oxygen atoms in total. The summed E-state index contributed by atoms with van der Waals surface area (Å²) in [4.78, 5) is 24.5. The van der Waals surface area contributed by atoms with Crippen molar-refractivity contribution in [3.05, 3.63) is 66.5 Å². The molecule has 1 amide bonds. The molecule has 0 fully saturated rings. The predicted octanol–water partition coefficient (Wildman–Crippen LogP) is 1.38. The van der Waals surface area contributed by atoms with Crippen LogP contribution >= 0.6 is 0 Å². The maximum absolute atomic E-state index is 12.2. The SMILES string of the molecule is N#Cc1cccnc1NCCNC(=O)c1ccnc(-n2ccnc2)c1. The molecule has 0 aliphatic heterocycles. The Morgan fingerprint density at radius 3 is 2.92 bits per heavy atom. The largest absolute Gasteiger partial charge is 0.367 e. The number of hydrogen-bond acceptors (Lipinski definition) is 6. The molecule has 0 aliphatic rings. The van der Waals surface area contributed by atoms with Crippen molar-refractivity contribution in [2.24, 2.45) is 0 Å². The van der Waals surface area contributed by atoms with Crippen molar-refractivity contribution < 1.29 is 4.79 Å². The molecule has 3 heterocycles. The smallest absolute Gasteiger partial charge is 0.251 e. The van der Waals surface area contributed by atoms with Gasteiger partial charge in [0, 0.05) is 43.4 Å². The fourth-order valence-corrected chi connectivity index (χ4v) is 2.19. The van der Waals surface area contributed by atoms with E-state index in [0.717, 1.165) is 0 Å². The Balaban J connectivity index is 1.55. The van der Waals surface area contributed by atoms with Gasteiger partial charge in [-0.2, -0.15) is 5.26 Å². The van der Waals surface area contributed by atoms with Crippen LogP contribution in [0.1, 0.15) is 15.9 Å². The number of nitriles is 1. The van der Waals surface area contributed by atoms with Crippen molar-refractivity contribution in [3.63, 3.8) is 0 Å². The van der Waals surface area contributed by atoms with E-state index < -0.39 is 0 Å². The third-order valence-corrected chi connectivity index (χ3v) is 3.41. The van der Waals surface area contributed by atoms with Gasteiger partial charge >= 0.3 is 0 Å². The number of nitrogens with zero attached hydrogens (tertiary/aromatic N) is 5. The van der Waals surface area contributed by atoms with Crippen LogP contribution in [0.25, 0.3) is 5.82 Å². The average molecular weight is 333 g/mol. The first-order valence-electron chi connectivity index (χ1n) is 7.59. The molecule has 2 N–H and O–H groups in total. The van der Waals surface area contributed by atoms with Crippen molar-refractivity contribution >= 4 is 11.7 Å². The van der Waals surface area contributed by atoms with Crippen LogP contribution in [0.2, 0.25) is 0 Å². The molecular formula is C17H15N7O. The lowest BCUT2D eigenvalue weighted by Crippen LogP contribution is -2.29. The summed E-state index contributed by atoms with van der Waals surface area (Å²) in [6.07, 6.45) is 8.21. The molecule has 0 aliphatic carbocycles. The number of carbonyl (C=O) groups excluding carboxylic acids is 1. The maximum atomic E-state index is 12.2. The van der Waals surface area contributed by atoms with E-state index in [1.165, 1.54) is 0 Å². The lowest BCUT2D eigenvalue weighted by molar-refractivity contribution is 0.0955. The standard InChI is InChI=1S/C17H15N7O/c18-11-14-2-1-4-21-16(14)22-6-7-23-17(25)13-3-5-20-15(10-13)24-9-8-19-12-24/h1-5,8-10,12H,6-7H2,(H,21,22)(H,23,25). The first kappa shape index (κ1) is 16.1. The van der Waals surface area contributed by atoms with Gasteiger partial charge in [0.25, 0.3) is 5.91 Å². The van der Waals surface area contributed by atoms with Crippen molar-refractivity contribution in [1.29, 1.82) is 5.26 Å². The molecule has 0 bridgehead atoms. The Bertz CT molecular complexity index is 899. The van der Waals surface area contributed by atoms with Gasteiger partial charge in [-0.05, 0) is 24.3 Å². The zero-order valence-corrected chi connectivity index (χ0v) is 13.3. The molecule has 0 saturated carbocycles. The van der Waals surface area contributed by atoms with E-state index in [2.05, 4.69) is 31.7 Å². The summed E-state index contributed by atoms with van der Waals surface area (Å²) in [5.41, 5.74) is 0.974. The lowest BCUT2D eigenvalue weighted by atomic mass is 10.2. The third-order valence-electron chi connectivity index (χ3n) is 3.41. The Labute approximate surface area is 144 Å². The zero-order valence-electron chi connectivity index (χ0n) is 13.3. The van der Waals surface area contributed by atoms with Crippen LogP contribution < -0.4 is 10.6 Å². The second-order valence-electron chi connectivity index (χ2n) is 5.07. The summed E-state index contributed by atoms with van der Waals surface area (Å²) in [6.45, 7) is 0.847. The Morgan fingerprint density at radius 2 is 2.12 bits per heavy atom. The van der Waals surface area contributed by atoms with Gasteiger partial charge in [0.15, 0.2) is 0 Å². The number of amides is 1. The predicted molar refractivity (Wildman–Crippen MR) is 91.1 cm³/mol.